The Morgan fingerprint density at radius 3 is 1.00 bits per heavy atom. The van der Waals surface area contributed by atoms with Crippen LogP contribution in [0.15, 0.2) is 154 Å². The van der Waals surface area contributed by atoms with Crippen LogP contribution in [0.1, 0.15) is 31.8 Å². The predicted octanol–water partition coefficient (Wildman–Crippen LogP) is 7.24. The zero-order chi connectivity index (χ0) is 24.0. The van der Waals surface area contributed by atoms with Gasteiger partial charge in [0.25, 0.3) is 0 Å². The molecule has 0 saturated carbocycles. The number of carbonyl (C=O) groups is 2. The van der Waals surface area contributed by atoms with Gasteiger partial charge in [-0.2, -0.15) is 0 Å². The van der Waals surface area contributed by atoms with Crippen molar-refractivity contribution < 1.29 is 9.59 Å². The summed E-state index contributed by atoms with van der Waals surface area (Å²) in [6.07, 6.45) is 0. The molecule has 0 radical (unpaired) electrons. The lowest BCUT2D eigenvalue weighted by molar-refractivity contribution is 0.103. The third-order valence-electron chi connectivity index (χ3n) is 5.76. The molecule has 35 heavy (non-hydrogen) atoms. The monoisotopic (exact) mass is 471 g/mol. The van der Waals surface area contributed by atoms with E-state index in [1.165, 1.54) is 4.90 Å². The molecule has 0 amide bonds. The maximum atomic E-state index is 12.9. The average molecular weight is 472 g/mol. The minimum absolute atomic E-state index is 0.0144. The molecule has 5 aromatic rings. The maximum absolute atomic E-state index is 12.9. The van der Waals surface area contributed by atoms with Crippen LogP contribution >= 0.6 is 0 Å². The van der Waals surface area contributed by atoms with Crippen LogP contribution in [0.4, 0.5) is 0 Å². The van der Waals surface area contributed by atoms with Gasteiger partial charge in [-0.05, 0) is 60.7 Å². The average Bonchev–Trinajstić information content (AvgIpc) is 2.95. The summed E-state index contributed by atoms with van der Waals surface area (Å²) in [6, 6.07) is 44.7. The highest BCUT2D eigenvalue weighted by Gasteiger charge is 2.29. The molecule has 0 atom stereocenters. The summed E-state index contributed by atoms with van der Waals surface area (Å²) in [5, 5.41) is 0. The molecule has 168 valence electrons. The fourth-order valence-corrected chi connectivity index (χ4v) is 6.02. The van der Waals surface area contributed by atoms with E-state index in [2.05, 4.69) is 12.1 Å². The van der Waals surface area contributed by atoms with Crippen molar-refractivity contribution in [3.8, 4) is 0 Å². The second kappa shape index (κ2) is 10.4. The second-order valence-electron chi connectivity index (χ2n) is 8.06. The number of carbonyl (C=O) groups excluding carboxylic acids is 2. The molecule has 0 N–H and O–H groups in total. The number of ketones is 2. The van der Waals surface area contributed by atoms with E-state index in [-0.39, 0.29) is 22.5 Å². The Bertz CT molecular complexity index is 1330. The van der Waals surface area contributed by atoms with Gasteiger partial charge in [0.15, 0.2) is 26.3 Å². The number of hydrogen-bond acceptors (Lipinski definition) is 2. The lowest BCUT2D eigenvalue weighted by atomic mass is 10.0. The quantitative estimate of drug-likeness (QED) is 0.185. The van der Waals surface area contributed by atoms with Crippen molar-refractivity contribution in [3.05, 3.63) is 162 Å². The Hall–Kier alpha value is -4.21. The fraction of sp³-hybridized carbons (Fsp3) is 0. The molecule has 0 aliphatic rings. The number of hydrogen-bond donors (Lipinski definition) is 0. The molecule has 3 heteroatoms. The van der Waals surface area contributed by atoms with E-state index in [1.54, 1.807) is 0 Å². The van der Waals surface area contributed by atoms with Gasteiger partial charge in [0.2, 0.25) is 0 Å². The zero-order valence-corrected chi connectivity index (χ0v) is 19.8. The lowest BCUT2D eigenvalue weighted by Crippen LogP contribution is -2.07. The van der Waals surface area contributed by atoms with Gasteiger partial charge in [0.05, 0.1) is 10.9 Å². The summed E-state index contributed by atoms with van der Waals surface area (Å²) < 4.78 is 0. The van der Waals surface area contributed by atoms with Crippen LogP contribution in [0.5, 0.6) is 0 Å². The molecule has 0 bridgehead atoms. The van der Waals surface area contributed by atoms with Crippen LogP contribution in [-0.2, 0) is 10.9 Å². The topological polar surface area (TPSA) is 34.1 Å². The van der Waals surface area contributed by atoms with E-state index in [1.807, 2.05) is 127 Å². The third-order valence-corrected chi connectivity index (χ3v) is 7.99. The highest BCUT2D eigenvalue weighted by Crippen LogP contribution is 2.32. The van der Waals surface area contributed by atoms with Gasteiger partial charge in [0, 0.05) is 22.3 Å². The van der Waals surface area contributed by atoms with E-state index >= 15 is 0 Å². The molecule has 0 aliphatic heterocycles. The van der Waals surface area contributed by atoms with Gasteiger partial charge in [0.1, 0.15) is 0 Å². The predicted molar refractivity (Wildman–Crippen MR) is 141 cm³/mol. The molecule has 0 saturated heterocycles. The van der Waals surface area contributed by atoms with Gasteiger partial charge < -0.3 is 0 Å². The van der Waals surface area contributed by atoms with Crippen molar-refractivity contribution >= 4 is 22.5 Å². The first-order valence-electron chi connectivity index (χ1n) is 11.4. The Morgan fingerprint density at radius 1 is 0.343 bits per heavy atom. The van der Waals surface area contributed by atoms with Crippen molar-refractivity contribution in [2.24, 2.45) is 0 Å². The smallest absolute Gasteiger partial charge is 0.193 e. The van der Waals surface area contributed by atoms with E-state index in [0.717, 1.165) is 9.79 Å². The number of benzene rings is 5. The normalized spacial score (nSPS) is 10.8. The van der Waals surface area contributed by atoms with Gasteiger partial charge in [-0.15, -0.1) is 0 Å². The first kappa shape index (κ1) is 22.6. The molecule has 0 heterocycles. The highest BCUT2D eigenvalue weighted by atomic mass is 32.2. The van der Waals surface area contributed by atoms with Crippen LogP contribution in [-0.4, -0.2) is 11.6 Å². The Morgan fingerprint density at radius 2 is 0.629 bits per heavy atom. The van der Waals surface area contributed by atoms with E-state index < -0.39 is 0 Å². The summed E-state index contributed by atoms with van der Waals surface area (Å²) in [6.45, 7) is 0. The van der Waals surface area contributed by atoms with Crippen molar-refractivity contribution in [1.29, 1.82) is 0 Å². The SMILES string of the molecule is O=C(c1ccccc1)c1ccc([S+](c2ccccc2)c2ccc(C(=O)c3ccccc3)cc2)cc1. The molecule has 5 aromatic carbocycles. The molecule has 0 spiro atoms. The first-order valence-corrected chi connectivity index (χ1v) is 12.6. The lowest BCUT2D eigenvalue weighted by Gasteiger charge is -2.09. The minimum atomic E-state index is -0.369. The van der Waals surface area contributed by atoms with Crippen LogP contribution < -0.4 is 0 Å². The molecule has 0 aromatic heterocycles. The van der Waals surface area contributed by atoms with Crippen molar-refractivity contribution in [2.45, 2.75) is 14.7 Å². The summed E-state index contributed by atoms with van der Waals surface area (Å²) in [5.41, 5.74) is 2.70. The van der Waals surface area contributed by atoms with Gasteiger partial charge in [-0.1, -0.05) is 78.9 Å². The third kappa shape index (κ3) is 5.01. The summed E-state index contributed by atoms with van der Waals surface area (Å²) in [7, 11) is -0.369. The summed E-state index contributed by atoms with van der Waals surface area (Å²) >= 11 is 0. The molecule has 0 fully saturated rings. The van der Waals surface area contributed by atoms with E-state index in [9.17, 15) is 9.59 Å². The van der Waals surface area contributed by atoms with Crippen LogP contribution in [0.25, 0.3) is 0 Å². The molecular weight excluding hydrogens is 448 g/mol. The Kier molecular flexibility index (Phi) is 6.69. The fourth-order valence-electron chi connectivity index (χ4n) is 3.96. The standard InChI is InChI=1S/C32H23O2S/c33-31(24-10-4-1-5-11-24)26-16-20-29(21-17-26)35(28-14-8-3-9-15-28)30-22-18-27(19-23-30)32(34)25-12-6-2-7-13-25/h1-23H/q+1. The molecule has 2 nitrogen and oxygen atoms in total. The van der Waals surface area contributed by atoms with Gasteiger partial charge in [-0.3, -0.25) is 9.59 Å². The van der Waals surface area contributed by atoms with E-state index in [0.29, 0.717) is 22.3 Å². The summed E-state index contributed by atoms with van der Waals surface area (Å²) in [5.74, 6) is 0.0287. The van der Waals surface area contributed by atoms with Crippen LogP contribution in [0.3, 0.4) is 0 Å². The molecule has 0 aliphatic carbocycles. The molecule has 5 rings (SSSR count). The maximum Gasteiger partial charge on any atom is 0.193 e. The second-order valence-corrected chi connectivity index (χ2v) is 10.1. The Labute approximate surface area is 208 Å². The first-order chi connectivity index (χ1) is 17.2. The molecular formula is C32H23O2S+. The van der Waals surface area contributed by atoms with E-state index in [4.69, 9.17) is 0 Å². The number of rotatable bonds is 7. The van der Waals surface area contributed by atoms with Crippen LogP contribution in [0, 0.1) is 0 Å². The summed E-state index contributed by atoms with van der Waals surface area (Å²) in [4.78, 5) is 29.1. The van der Waals surface area contributed by atoms with Crippen molar-refractivity contribution in [3.63, 3.8) is 0 Å². The Balaban J connectivity index is 1.47. The zero-order valence-electron chi connectivity index (χ0n) is 19.0. The van der Waals surface area contributed by atoms with Crippen LogP contribution in [0.2, 0.25) is 0 Å². The van der Waals surface area contributed by atoms with Crippen molar-refractivity contribution in [2.75, 3.05) is 0 Å². The van der Waals surface area contributed by atoms with Gasteiger partial charge >= 0.3 is 0 Å². The largest absolute Gasteiger partial charge is 0.289 e. The van der Waals surface area contributed by atoms with Gasteiger partial charge in [-0.25, -0.2) is 0 Å². The highest BCUT2D eigenvalue weighted by molar-refractivity contribution is 7.97. The van der Waals surface area contributed by atoms with Crippen molar-refractivity contribution in [1.82, 2.24) is 0 Å². The minimum Gasteiger partial charge on any atom is -0.289 e. The molecule has 0 unspecified atom stereocenters.